The molecule has 0 fully saturated rings. The molecule has 4 N–H and O–H groups in total. The second-order valence-electron chi connectivity index (χ2n) is 2.97. The van der Waals surface area contributed by atoms with Crippen LogP contribution in [0.2, 0.25) is 0 Å². The highest BCUT2D eigenvalue weighted by Gasteiger charge is 2.11. The van der Waals surface area contributed by atoms with Crippen LogP contribution in [-0.4, -0.2) is 35.9 Å². The summed E-state index contributed by atoms with van der Waals surface area (Å²) in [6, 6.07) is 0. The predicted molar refractivity (Wildman–Crippen MR) is 52.6 cm³/mol. The van der Waals surface area contributed by atoms with E-state index in [4.69, 9.17) is 23.7 Å². The number of carbonyl (C=O) groups is 1. The van der Waals surface area contributed by atoms with Gasteiger partial charge in [0.2, 0.25) is 5.91 Å². The molecule has 0 saturated heterocycles. The van der Waals surface area contributed by atoms with Gasteiger partial charge in [-0.1, -0.05) is 19.1 Å². The maximum Gasteiger partial charge on any atom is 0.221 e. The van der Waals surface area contributed by atoms with Crippen LogP contribution in [0.3, 0.4) is 0 Å². The van der Waals surface area contributed by atoms with Crippen LogP contribution in [0.5, 0.6) is 0 Å². The number of hydrogen-bond acceptors (Lipinski definition) is 3. The van der Waals surface area contributed by atoms with Crippen LogP contribution in [-0.2, 0) is 4.79 Å². The van der Waals surface area contributed by atoms with Crippen LogP contribution >= 0.6 is 12.2 Å². The molecule has 0 bridgehead atoms. The van der Waals surface area contributed by atoms with Crippen molar-refractivity contribution in [2.45, 2.75) is 6.92 Å². The fourth-order valence-corrected chi connectivity index (χ4v) is 1.11. The fourth-order valence-electron chi connectivity index (χ4n) is 0.888. The van der Waals surface area contributed by atoms with Crippen LogP contribution < -0.4 is 11.5 Å². The van der Waals surface area contributed by atoms with E-state index in [9.17, 15) is 4.79 Å². The third kappa shape index (κ3) is 5.03. The summed E-state index contributed by atoms with van der Waals surface area (Å²) in [5, 5.41) is 0. The molecule has 0 rings (SSSR count). The molecule has 0 saturated carbocycles. The normalized spacial score (nSPS) is 12.9. The summed E-state index contributed by atoms with van der Waals surface area (Å²) >= 11 is 4.71. The standard InChI is InChI=1S/C7H15N3OS/c1-5(7(9)11)3-10(2)4-6(8)12/h5H,3-4H2,1-2H3,(H2,8,12)(H2,9,11). The summed E-state index contributed by atoms with van der Waals surface area (Å²) in [5.74, 6) is -0.464. The molecule has 1 unspecified atom stereocenters. The zero-order valence-corrected chi connectivity index (χ0v) is 8.23. The molecule has 0 aromatic carbocycles. The van der Waals surface area contributed by atoms with Crippen molar-refractivity contribution in [1.29, 1.82) is 0 Å². The van der Waals surface area contributed by atoms with Gasteiger partial charge in [-0.05, 0) is 7.05 Å². The monoisotopic (exact) mass is 189 g/mol. The van der Waals surface area contributed by atoms with Crippen molar-refractivity contribution >= 4 is 23.1 Å². The SMILES string of the molecule is CC(CN(C)CC(N)=S)C(N)=O. The van der Waals surface area contributed by atoms with Crippen molar-refractivity contribution in [3.63, 3.8) is 0 Å². The molecule has 0 aromatic heterocycles. The Balaban J connectivity index is 3.76. The average molecular weight is 189 g/mol. The molecular weight excluding hydrogens is 174 g/mol. The molecule has 0 aliphatic rings. The highest BCUT2D eigenvalue weighted by Crippen LogP contribution is 1.95. The van der Waals surface area contributed by atoms with Gasteiger partial charge in [0.1, 0.15) is 0 Å². The van der Waals surface area contributed by atoms with Gasteiger partial charge in [-0.15, -0.1) is 0 Å². The number of amides is 1. The second kappa shape index (κ2) is 5.05. The lowest BCUT2D eigenvalue weighted by Crippen LogP contribution is -2.36. The van der Waals surface area contributed by atoms with Crippen molar-refractivity contribution < 1.29 is 4.79 Å². The minimum absolute atomic E-state index is 0.163. The minimum Gasteiger partial charge on any atom is -0.392 e. The average Bonchev–Trinajstić information content (AvgIpc) is 1.84. The fraction of sp³-hybridized carbons (Fsp3) is 0.714. The molecule has 0 heterocycles. The molecule has 0 spiro atoms. The number of carbonyl (C=O) groups excluding carboxylic acids is 1. The topological polar surface area (TPSA) is 72.3 Å². The first-order valence-electron chi connectivity index (χ1n) is 3.69. The lowest BCUT2D eigenvalue weighted by molar-refractivity contribution is -0.121. The number of hydrogen-bond donors (Lipinski definition) is 2. The van der Waals surface area contributed by atoms with Crippen LogP contribution in [0.25, 0.3) is 0 Å². The first kappa shape index (κ1) is 11.3. The summed E-state index contributed by atoms with van der Waals surface area (Å²) in [6.45, 7) is 2.89. The Morgan fingerprint density at radius 1 is 1.58 bits per heavy atom. The molecule has 12 heavy (non-hydrogen) atoms. The van der Waals surface area contributed by atoms with E-state index in [0.29, 0.717) is 18.1 Å². The first-order valence-corrected chi connectivity index (χ1v) is 4.10. The van der Waals surface area contributed by atoms with Crippen molar-refractivity contribution in [2.24, 2.45) is 17.4 Å². The van der Waals surface area contributed by atoms with Crippen molar-refractivity contribution in [2.75, 3.05) is 20.1 Å². The first-order chi connectivity index (χ1) is 5.43. The smallest absolute Gasteiger partial charge is 0.221 e. The number of primary amides is 1. The summed E-state index contributed by atoms with van der Waals surface area (Å²) in [6.07, 6.45) is 0. The van der Waals surface area contributed by atoms with Gasteiger partial charge in [0.25, 0.3) is 0 Å². The zero-order chi connectivity index (χ0) is 9.72. The van der Waals surface area contributed by atoms with Gasteiger partial charge in [0.15, 0.2) is 0 Å². The molecule has 0 radical (unpaired) electrons. The molecule has 0 aromatic rings. The van der Waals surface area contributed by atoms with E-state index in [1.54, 1.807) is 6.92 Å². The summed E-state index contributed by atoms with van der Waals surface area (Å²) in [5.41, 5.74) is 10.4. The van der Waals surface area contributed by atoms with E-state index in [-0.39, 0.29) is 11.8 Å². The highest BCUT2D eigenvalue weighted by molar-refractivity contribution is 7.80. The van der Waals surface area contributed by atoms with Crippen LogP contribution in [0.1, 0.15) is 6.92 Å². The van der Waals surface area contributed by atoms with Crippen molar-refractivity contribution in [3.05, 3.63) is 0 Å². The Morgan fingerprint density at radius 2 is 2.08 bits per heavy atom. The summed E-state index contributed by atoms with van der Waals surface area (Å²) < 4.78 is 0. The Labute approximate surface area is 77.9 Å². The van der Waals surface area contributed by atoms with Crippen LogP contribution in [0, 0.1) is 5.92 Å². The molecule has 0 aliphatic heterocycles. The molecule has 70 valence electrons. The number of rotatable bonds is 5. The van der Waals surface area contributed by atoms with Crippen molar-refractivity contribution in [3.8, 4) is 0 Å². The van der Waals surface area contributed by atoms with Gasteiger partial charge in [-0.3, -0.25) is 9.69 Å². The quantitative estimate of drug-likeness (QED) is 0.562. The van der Waals surface area contributed by atoms with Gasteiger partial charge in [-0.2, -0.15) is 0 Å². The summed E-state index contributed by atoms with van der Waals surface area (Å²) in [4.78, 5) is 12.9. The maximum absolute atomic E-state index is 10.7. The lowest BCUT2D eigenvalue weighted by Gasteiger charge is -2.18. The van der Waals surface area contributed by atoms with E-state index < -0.39 is 0 Å². The second-order valence-corrected chi connectivity index (χ2v) is 3.49. The third-order valence-corrected chi connectivity index (χ3v) is 1.63. The van der Waals surface area contributed by atoms with Gasteiger partial charge in [-0.25, -0.2) is 0 Å². The molecule has 0 aliphatic carbocycles. The number of nitrogens with two attached hydrogens (primary N) is 2. The molecule has 1 amide bonds. The van der Waals surface area contributed by atoms with E-state index in [2.05, 4.69) is 0 Å². The maximum atomic E-state index is 10.7. The molecule has 4 nitrogen and oxygen atoms in total. The van der Waals surface area contributed by atoms with E-state index >= 15 is 0 Å². The molecule has 5 heteroatoms. The predicted octanol–water partition coefficient (Wildman–Crippen LogP) is -0.674. The van der Waals surface area contributed by atoms with Crippen molar-refractivity contribution in [1.82, 2.24) is 4.90 Å². The number of thiocarbonyl (C=S) groups is 1. The van der Waals surface area contributed by atoms with Gasteiger partial charge in [0, 0.05) is 19.0 Å². The Hall–Kier alpha value is -0.680. The lowest BCUT2D eigenvalue weighted by atomic mass is 10.1. The Kier molecular flexibility index (Phi) is 4.77. The Bertz CT molecular complexity index is 183. The van der Waals surface area contributed by atoms with Gasteiger partial charge >= 0.3 is 0 Å². The van der Waals surface area contributed by atoms with E-state index in [1.807, 2.05) is 11.9 Å². The highest BCUT2D eigenvalue weighted by atomic mass is 32.1. The van der Waals surface area contributed by atoms with E-state index in [0.717, 1.165) is 0 Å². The largest absolute Gasteiger partial charge is 0.392 e. The molecular formula is C7H15N3OS. The number of likely N-dealkylation sites (N-methyl/N-ethyl adjacent to an activating group) is 1. The molecule has 1 atom stereocenters. The van der Waals surface area contributed by atoms with E-state index in [1.165, 1.54) is 0 Å². The van der Waals surface area contributed by atoms with Gasteiger partial charge in [0.05, 0.1) is 4.99 Å². The summed E-state index contributed by atoms with van der Waals surface area (Å²) in [7, 11) is 1.85. The number of nitrogens with zero attached hydrogens (tertiary/aromatic N) is 1. The minimum atomic E-state index is -0.301. The van der Waals surface area contributed by atoms with Crippen LogP contribution in [0.15, 0.2) is 0 Å². The third-order valence-electron chi connectivity index (χ3n) is 1.50. The van der Waals surface area contributed by atoms with Gasteiger partial charge < -0.3 is 11.5 Å². The Morgan fingerprint density at radius 3 is 2.42 bits per heavy atom. The zero-order valence-electron chi connectivity index (χ0n) is 7.41. The van der Waals surface area contributed by atoms with Crippen LogP contribution in [0.4, 0.5) is 0 Å².